The molecule has 0 saturated carbocycles. The minimum Gasteiger partial charge on any atom is -0.503 e. The van der Waals surface area contributed by atoms with Crippen molar-refractivity contribution in [1.82, 2.24) is 9.55 Å². The Labute approximate surface area is 186 Å². The number of hydrogen-bond donors (Lipinski definition) is 2. The van der Waals surface area contributed by atoms with Crippen LogP contribution in [-0.2, 0) is 0 Å². The van der Waals surface area contributed by atoms with E-state index < -0.39 is 17.4 Å². The minimum absolute atomic E-state index is 0.0314. The summed E-state index contributed by atoms with van der Waals surface area (Å²) in [5, 5.41) is 22.6. The van der Waals surface area contributed by atoms with Gasteiger partial charge in [0, 0.05) is 16.1 Å². The molecule has 0 saturated heterocycles. The first-order valence-electron chi connectivity index (χ1n) is 9.43. The number of nitrogens with zero attached hydrogens (tertiary/aromatic N) is 2. The molecular weight excluding hydrogens is 432 g/mol. The lowest BCUT2D eigenvalue weighted by molar-refractivity contribution is 0.103. The third-order valence-electron chi connectivity index (χ3n) is 4.99. The van der Waals surface area contributed by atoms with Gasteiger partial charge in [-0.15, -0.1) is 0 Å². The van der Waals surface area contributed by atoms with Crippen LogP contribution in [0.3, 0.4) is 0 Å². The Morgan fingerprint density at radius 2 is 1.58 bits per heavy atom. The molecule has 0 aliphatic carbocycles. The zero-order chi connectivity index (χ0) is 21.5. The van der Waals surface area contributed by atoms with E-state index >= 15 is 0 Å². The summed E-state index contributed by atoms with van der Waals surface area (Å²) in [6, 6.07) is 23.1. The van der Waals surface area contributed by atoms with Crippen LogP contribution in [0.15, 0.2) is 78.9 Å². The van der Waals surface area contributed by atoms with Gasteiger partial charge in [0.2, 0.25) is 5.88 Å². The predicted octanol–water partition coefficient (Wildman–Crippen LogP) is 6.05. The van der Waals surface area contributed by atoms with Crippen LogP contribution >= 0.6 is 22.9 Å². The molecule has 5 aromatic rings. The fourth-order valence-electron chi connectivity index (χ4n) is 3.55. The molecule has 5 rings (SSSR count). The lowest BCUT2D eigenvalue weighted by atomic mass is 9.99. The van der Waals surface area contributed by atoms with Crippen molar-refractivity contribution >= 4 is 38.9 Å². The highest BCUT2D eigenvalue weighted by Gasteiger charge is 2.31. The SMILES string of the molecule is O=C(c1ccccc1)c1c(O)c(O)n(-c2nc3ccccc3s2)c1-c1ccccc1Cl. The van der Waals surface area contributed by atoms with E-state index in [4.69, 9.17) is 11.6 Å². The second kappa shape index (κ2) is 7.58. The Balaban J connectivity index is 1.85. The van der Waals surface area contributed by atoms with Gasteiger partial charge in [-0.2, -0.15) is 0 Å². The maximum Gasteiger partial charge on any atom is 0.242 e. The highest BCUT2D eigenvalue weighted by molar-refractivity contribution is 7.20. The topological polar surface area (TPSA) is 75.3 Å². The van der Waals surface area contributed by atoms with E-state index in [0.717, 1.165) is 10.2 Å². The number of aromatic hydroxyl groups is 2. The number of ketones is 1. The van der Waals surface area contributed by atoms with Gasteiger partial charge in [0.15, 0.2) is 16.7 Å². The van der Waals surface area contributed by atoms with Crippen LogP contribution in [0.2, 0.25) is 5.02 Å². The van der Waals surface area contributed by atoms with E-state index in [1.54, 1.807) is 54.6 Å². The number of benzene rings is 3. The lowest BCUT2D eigenvalue weighted by Gasteiger charge is -2.11. The third kappa shape index (κ3) is 3.17. The first kappa shape index (κ1) is 19.4. The van der Waals surface area contributed by atoms with Crippen molar-refractivity contribution in [3.8, 4) is 28.0 Å². The van der Waals surface area contributed by atoms with E-state index in [-0.39, 0.29) is 11.3 Å². The quantitative estimate of drug-likeness (QED) is 0.329. The molecule has 152 valence electrons. The maximum absolute atomic E-state index is 13.4. The fraction of sp³-hybridized carbons (Fsp3) is 0. The summed E-state index contributed by atoms with van der Waals surface area (Å²) in [6.45, 7) is 0. The number of thiazole rings is 1. The molecule has 0 aliphatic rings. The van der Waals surface area contributed by atoms with Gasteiger partial charge in [0.25, 0.3) is 0 Å². The van der Waals surface area contributed by atoms with E-state index in [1.165, 1.54) is 15.9 Å². The van der Waals surface area contributed by atoms with Gasteiger partial charge in [-0.3, -0.25) is 9.36 Å². The standard InChI is InChI=1S/C24H15ClN2O3S/c25-16-11-5-4-10-15(16)20-19(21(28)14-8-2-1-3-9-14)22(29)23(30)27(20)24-26-17-12-6-7-13-18(17)31-24/h1-13,29-30H. The van der Waals surface area contributed by atoms with Gasteiger partial charge in [-0.1, -0.05) is 83.6 Å². The Bertz CT molecular complexity index is 1410. The van der Waals surface area contributed by atoms with Gasteiger partial charge >= 0.3 is 0 Å². The van der Waals surface area contributed by atoms with Crippen molar-refractivity contribution in [2.45, 2.75) is 0 Å². The van der Waals surface area contributed by atoms with E-state index in [1.807, 2.05) is 24.3 Å². The molecule has 0 unspecified atom stereocenters. The molecule has 2 aromatic heterocycles. The van der Waals surface area contributed by atoms with Gasteiger partial charge in [0.1, 0.15) is 0 Å². The second-order valence-electron chi connectivity index (χ2n) is 6.87. The average molecular weight is 447 g/mol. The molecule has 31 heavy (non-hydrogen) atoms. The summed E-state index contributed by atoms with van der Waals surface area (Å²) in [5.74, 6) is -1.40. The molecule has 0 radical (unpaired) electrons. The van der Waals surface area contributed by atoms with Crippen LogP contribution in [0.5, 0.6) is 11.6 Å². The Morgan fingerprint density at radius 1 is 0.903 bits per heavy atom. The monoisotopic (exact) mass is 446 g/mol. The Kier molecular flexibility index (Phi) is 4.73. The summed E-state index contributed by atoms with van der Waals surface area (Å²) in [7, 11) is 0. The van der Waals surface area contributed by atoms with Gasteiger partial charge in [0.05, 0.1) is 21.5 Å². The summed E-state index contributed by atoms with van der Waals surface area (Å²) in [4.78, 5) is 18.0. The number of aromatic nitrogens is 2. The molecule has 2 heterocycles. The molecular formula is C24H15ClN2O3S. The highest BCUT2D eigenvalue weighted by Crippen LogP contribution is 2.46. The van der Waals surface area contributed by atoms with Crippen LogP contribution in [0.1, 0.15) is 15.9 Å². The number of rotatable bonds is 4. The number of para-hydroxylation sites is 1. The van der Waals surface area contributed by atoms with Crippen LogP contribution in [-0.4, -0.2) is 25.5 Å². The number of halogens is 1. The minimum atomic E-state index is -0.511. The number of fused-ring (bicyclic) bond motifs is 1. The third-order valence-corrected chi connectivity index (χ3v) is 6.34. The van der Waals surface area contributed by atoms with Gasteiger partial charge in [-0.05, 0) is 18.2 Å². The van der Waals surface area contributed by atoms with Crippen molar-refractivity contribution in [2.75, 3.05) is 0 Å². The van der Waals surface area contributed by atoms with Crippen LogP contribution in [0.4, 0.5) is 0 Å². The predicted molar refractivity (Wildman–Crippen MR) is 123 cm³/mol. The molecule has 7 heteroatoms. The van der Waals surface area contributed by atoms with Crippen LogP contribution < -0.4 is 0 Å². The summed E-state index contributed by atoms with van der Waals surface area (Å²) in [5.41, 5.74) is 1.88. The van der Waals surface area contributed by atoms with Crippen molar-refractivity contribution in [2.24, 2.45) is 0 Å². The number of hydrogen-bond acceptors (Lipinski definition) is 5. The van der Waals surface area contributed by atoms with E-state index in [2.05, 4.69) is 4.98 Å². The fourth-order valence-corrected chi connectivity index (χ4v) is 4.75. The first-order valence-corrected chi connectivity index (χ1v) is 10.6. The van der Waals surface area contributed by atoms with Crippen molar-refractivity contribution in [3.63, 3.8) is 0 Å². The number of carbonyl (C=O) groups excluding carboxylic acids is 1. The summed E-state index contributed by atoms with van der Waals surface area (Å²) >= 11 is 7.81. The zero-order valence-electron chi connectivity index (χ0n) is 16.0. The smallest absolute Gasteiger partial charge is 0.242 e. The first-order chi connectivity index (χ1) is 15.1. The molecule has 0 bridgehead atoms. The maximum atomic E-state index is 13.4. The van der Waals surface area contributed by atoms with Gasteiger partial charge < -0.3 is 10.2 Å². The van der Waals surface area contributed by atoms with Crippen molar-refractivity contribution in [1.29, 1.82) is 0 Å². The lowest BCUT2D eigenvalue weighted by Crippen LogP contribution is -2.05. The summed E-state index contributed by atoms with van der Waals surface area (Å²) in [6.07, 6.45) is 0. The van der Waals surface area contributed by atoms with E-state index in [0.29, 0.717) is 21.3 Å². The van der Waals surface area contributed by atoms with Gasteiger partial charge in [-0.25, -0.2) is 4.98 Å². The van der Waals surface area contributed by atoms with Crippen LogP contribution in [0.25, 0.3) is 26.6 Å². The average Bonchev–Trinajstić information content (AvgIpc) is 3.33. The second-order valence-corrected chi connectivity index (χ2v) is 8.29. The molecule has 0 amide bonds. The van der Waals surface area contributed by atoms with Crippen molar-refractivity contribution in [3.05, 3.63) is 95.0 Å². The van der Waals surface area contributed by atoms with Crippen molar-refractivity contribution < 1.29 is 15.0 Å². The Morgan fingerprint density at radius 3 is 2.32 bits per heavy atom. The normalized spacial score (nSPS) is 11.1. The molecule has 2 N–H and O–H groups in total. The largest absolute Gasteiger partial charge is 0.503 e. The summed E-state index contributed by atoms with van der Waals surface area (Å²) < 4.78 is 2.29. The number of carbonyl (C=O) groups is 1. The van der Waals surface area contributed by atoms with Crippen LogP contribution in [0, 0.1) is 0 Å². The Hall–Kier alpha value is -3.61. The molecule has 3 aromatic carbocycles. The molecule has 0 aliphatic heterocycles. The molecule has 5 nitrogen and oxygen atoms in total. The molecule has 0 spiro atoms. The van der Waals surface area contributed by atoms with E-state index in [9.17, 15) is 15.0 Å². The highest BCUT2D eigenvalue weighted by atomic mass is 35.5. The molecule has 0 fully saturated rings. The zero-order valence-corrected chi connectivity index (χ0v) is 17.6. The molecule has 0 atom stereocenters.